The number of hydrogen-bond donors (Lipinski definition) is 2. The van der Waals surface area contributed by atoms with Crippen LogP contribution in [-0.4, -0.2) is 30.4 Å². The van der Waals surface area contributed by atoms with E-state index in [2.05, 4.69) is 11.4 Å². The Morgan fingerprint density at radius 1 is 1.17 bits per heavy atom. The third kappa shape index (κ3) is 3.91. The number of benzene rings is 1. The summed E-state index contributed by atoms with van der Waals surface area (Å²) in [4.78, 5) is 26.1. The first-order valence-corrected chi connectivity index (χ1v) is 8.56. The molecule has 1 aliphatic heterocycles. The molecule has 0 atom stereocenters. The molecular weight excluding hydrogens is 290 g/mol. The first kappa shape index (κ1) is 16.0. The second kappa shape index (κ2) is 7.13. The van der Waals surface area contributed by atoms with Crippen molar-refractivity contribution in [1.29, 1.82) is 0 Å². The van der Waals surface area contributed by atoms with Gasteiger partial charge in [-0.2, -0.15) is 0 Å². The minimum absolute atomic E-state index is 0.0290. The lowest BCUT2D eigenvalue weighted by molar-refractivity contribution is -0.122. The van der Waals surface area contributed by atoms with E-state index in [1.807, 2.05) is 18.2 Å². The first-order chi connectivity index (χ1) is 11.1. The van der Waals surface area contributed by atoms with Crippen LogP contribution in [0.5, 0.6) is 0 Å². The lowest BCUT2D eigenvalue weighted by Gasteiger charge is -2.30. The summed E-state index contributed by atoms with van der Waals surface area (Å²) in [6, 6.07) is 8.48. The maximum Gasteiger partial charge on any atom is 0.227 e. The number of carbonyl (C=O) groups is 2. The van der Waals surface area contributed by atoms with Gasteiger partial charge in [0.15, 0.2) is 0 Å². The van der Waals surface area contributed by atoms with E-state index in [0.29, 0.717) is 19.4 Å². The fourth-order valence-corrected chi connectivity index (χ4v) is 3.52. The standard InChI is InChI=1S/C18H25N3O2/c19-14-6-8-15(9-7-14)20-17(22)11-12-21-16-4-2-1-3-13(16)5-10-18(21)23/h1-4,14-15H,5-12,19H2,(H,20,22). The Balaban J connectivity index is 1.53. The van der Waals surface area contributed by atoms with Crippen molar-refractivity contribution < 1.29 is 9.59 Å². The molecule has 0 spiro atoms. The summed E-state index contributed by atoms with van der Waals surface area (Å²) in [5.74, 6) is 0.140. The third-order valence-electron chi connectivity index (χ3n) is 4.89. The molecule has 1 saturated carbocycles. The van der Waals surface area contributed by atoms with E-state index in [-0.39, 0.29) is 23.9 Å². The minimum atomic E-state index is 0.0290. The zero-order valence-electron chi connectivity index (χ0n) is 13.5. The number of amides is 2. The van der Waals surface area contributed by atoms with E-state index in [9.17, 15) is 9.59 Å². The van der Waals surface area contributed by atoms with Gasteiger partial charge < -0.3 is 16.0 Å². The molecule has 1 fully saturated rings. The van der Waals surface area contributed by atoms with Gasteiger partial charge >= 0.3 is 0 Å². The summed E-state index contributed by atoms with van der Waals surface area (Å²) in [5, 5.41) is 3.09. The fourth-order valence-electron chi connectivity index (χ4n) is 3.52. The second-order valence-corrected chi connectivity index (χ2v) is 6.60. The predicted molar refractivity (Wildman–Crippen MR) is 90.1 cm³/mol. The van der Waals surface area contributed by atoms with Gasteiger partial charge in [-0.1, -0.05) is 18.2 Å². The molecule has 0 radical (unpaired) electrons. The molecule has 2 aliphatic rings. The highest BCUT2D eigenvalue weighted by Gasteiger charge is 2.25. The highest BCUT2D eigenvalue weighted by molar-refractivity contribution is 5.97. The van der Waals surface area contributed by atoms with E-state index in [4.69, 9.17) is 5.73 Å². The highest BCUT2D eigenvalue weighted by atomic mass is 16.2. The van der Waals surface area contributed by atoms with Crippen molar-refractivity contribution in [3.8, 4) is 0 Å². The molecule has 2 amide bonds. The van der Waals surface area contributed by atoms with E-state index in [1.165, 1.54) is 5.56 Å². The molecule has 0 unspecified atom stereocenters. The van der Waals surface area contributed by atoms with Crippen LogP contribution in [0.1, 0.15) is 44.1 Å². The lowest BCUT2D eigenvalue weighted by Crippen LogP contribution is -2.42. The number of aryl methyl sites for hydroxylation is 1. The van der Waals surface area contributed by atoms with Gasteiger partial charge in [-0.15, -0.1) is 0 Å². The Morgan fingerprint density at radius 2 is 1.91 bits per heavy atom. The maximum atomic E-state index is 12.2. The molecule has 0 saturated heterocycles. The quantitative estimate of drug-likeness (QED) is 0.888. The number of rotatable bonds is 4. The van der Waals surface area contributed by atoms with Gasteiger partial charge in [0, 0.05) is 37.2 Å². The molecule has 23 heavy (non-hydrogen) atoms. The number of fused-ring (bicyclic) bond motifs is 1. The molecule has 5 heteroatoms. The number of anilines is 1. The average molecular weight is 315 g/mol. The number of nitrogens with two attached hydrogens (primary N) is 1. The SMILES string of the molecule is NC1CCC(NC(=O)CCN2C(=O)CCc3ccccc32)CC1. The summed E-state index contributed by atoms with van der Waals surface area (Å²) in [6.45, 7) is 0.452. The van der Waals surface area contributed by atoms with Crippen molar-refractivity contribution in [3.05, 3.63) is 29.8 Å². The van der Waals surface area contributed by atoms with Crippen molar-refractivity contribution in [3.63, 3.8) is 0 Å². The molecular formula is C18H25N3O2. The number of hydrogen-bond acceptors (Lipinski definition) is 3. The predicted octanol–water partition coefficient (Wildman–Crippen LogP) is 1.74. The zero-order chi connectivity index (χ0) is 16.2. The minimum Gasteiger partial charge on any atom is -0.353 e. The van der Waals surface area contributed by atoms with E-state index in [0.717, 1.165) is 37.8 Å². The number of nitrogens with one attached hydrogen (secondary N) is 1. The molecule has 0 aromatic heterocycles. The molecule has 5 nitrogen and oxygen atoms in total. The average Bonchev–Trinajstić information content (AvgIpc) is 2.56. The summed E-state index contributed by atoms with van der Waals surface area (Å²) in [5.41, 5.74) is 8.03. The van der Waals surface area contributed by atoms with E-state index < -0.39 is 0 Å². The number of nitrogens with zero attached hydrogens (tertiary/aromatic N) is 1. The van der Waals surface area contributed by atoms with Crippen LogP contribution in [0.25, 0.3) is 0 Å². The summed E-state index contributed by atoms with van der Waals surface area (Å²) < 4.78 is 0. The molecule has 0 bridgehead atoms. The van der Waals surface area contributed by atoms with Crippen LogP contribution in [-0.2, 0) is 16.0 Å². The molecule has 3 N–H and O–H groups in total. The van der Waals surface area contributed by atoms with Crippen LogP contribution >= 0.6 is 0 Å². The van der Waals surface area contributed by atoms with E-state index >= 15 is 0 Å². The largest absolute Gasteiger partial charge is 0.353 e. The number of para-hydroxylation sites is 1. The van der Waals surface area contributed by atoms with Crippen LogP contribution < -0.4 is 16.0 Å². The van der Waals surface area contributed by atoms with Crippen molar-refractivity contribution >= 4 is 17.5 Å². The van der Waals surface area contributed by atoms with Crippen LogP contribution in [0.15, 0.2) is 24.3 Å². The topological polar surface area (TPSA) is 75.4 Å². The Hall–Kier alpha value is -1.88. The van der Waals surface area contributed by atoms with Gasteiger partial charge in [0.25, 0.3) is 0 Å². The first-order valence-electron chi connectivity index (χ1n) is 8.56. The molecule has 1 aliphatic carbocycles. The van der Waals surface area contributed by atoms with Crippen LogP contribution in [0.4, 0.5) is 5.69 Å². The Labute approximate surface area is 137 Å². The maximum absolute atomic E-state index is 12.2. The van der Waals surface area contributed by atoms with Gasteiger partial charge in [-0.05, 0) is 43.7 Å². The number of carbonyl (C=O) groups excluding carboxylic acids is 2. The van der Waals surface area contributed by atoms with Gasteiger partial charge in [0.2, 0.25) is 11.8 Å². The highest BCUT2D eigenvalue weighted by Crippen LogP contribution is 2.27. The molecule has 1 aromatic rings. The van der Waals surface area contributed by atoms with Crippen molar-refractivity contribution in [2.45, 2.75) is 57.0 Å². The lowest BCUT2D eigenvalue weighted by atomic mass is 9.92. The van der Waals surface area contributed by atoms with Crippen LogP contribution in [0.3, 0.4) is 0 Å². The molecule has 124 valence electrons. The summed E-state index contributed by atoms with van der Waals surface area (Å²) in [6.07, 6.45) is 5.53. The monoisotopic (exact) mass is 315 g/mol. The molecule has 3 rings (SSSR count). The van der Waals surface area contributed by atoms with Gasteiger partial charge in [-0.25, -0.2) is 0 Å². The fraction of sp³-hybridized carbons (Fsp3) is 0.556. The van der Waals surface area contributed by atoms with Gasteiger partial charge in [0.1, 0.15) is 0 Å². The third-order valence-corrected chi connectivity index (χ3v) is 4.89. The van der Waals surface area contributed by atoms with E-state index in [1.54, 1.807) is 4.90 Å². The van der Waals surface area contributed by atoms with Crippen molar-refractivity contribution in [1.82, 2.24) is 5.32 Å². The Bertz CT molecular complexity index is 579. The smallest absolute Gasteiger partial charge is 0.227 e. The van der Waals surface area contributed by atoms with Gasteiger partial charge in [0.05, 0.1) is 0 Å². The Kier molecular flexibility index (Phi) is 4.96. The molecule has 1 aromatic carbocycles. The van der Waals surface area contributed by atoms with Crippen LogP contribution in [0, 0.1) is 0 Å². The normalized spacial score (nSPS) is 24.2. The summed E-state index contributed by atoms with van der Waals surface area (Å²) >= 11 is 0. The van der Waals surface area contributed by atoms with Gasteiger partial charge in [-0.3, -0.25) is 9.59 Å². The van der Waals surface area contributed by atoms with Crippen LogP contribution in [0.2, 0.25) is 0 Å². The Morgan fingerprint density at radius 3 is 2.70 bits per heavy atom. The second-order valence-electron chi connectivity index (χ2n) is 6.60. The van der Waals surface area contributed by atoms with Crippen molar-refractivity contribution in [2.75, 3.05) is 11.4 Å². The molecule has 1 heterocycles. The van der Waals surface area contributed by atoms with Crippen molar-refractivity contribution in [2.24, 2.45) is 5.73 Å². The summed E-state index contributed by atoms with van der Waals surface area (Å²) in [7, 11) is 0. The zero-order valence-corrected chi connectivity index (χ0v) is 13.5.